The normalized spacial score (nSPS) is 56.7. The van der Waals surface area contributed by atoms with E-state index in [9.17, 15) is 0 Å². The first kappa shape index (κ1) is 5.65. The molecule has 0 radical (unpaired) electrons. The fraction of sp³-hybridized carbons (Fsp3) is 1.00. The number of hydrogen-bond acceptors (Lipinski definition) is 3. The average Bonchev–Trinajstić information content (AvgIpc) is 2.22. The molecule has 2 aliphatic rings. The zero-order chi connectivity index (χ0) is 6.43. The topological polar surface area (TPSA) is 64.1 Å². The Morgan fingerprint density at radius 2 is 1.67 bits per heavy atom. The summed E-state index contributed by atoms with van der Waals surface area (Å²) in [6, 6.07) is 1.67. The summed E-state index contributed by atoms with van der Waals surface area (Å²) in [6.07, 6.45) is 2.25. The lowest BCUT2D eigenvalue weighted by molar-refractivity contribution is 0.446. The second-order valence-corrected chi connectivity index (χ2v) is 3.19. The Bertz CT molecular complexity index is 113. The van der Waals surface area contributed by atoms with Crippen molar-refractivity contribution in [1.82, 2.24) is 5.32 Å². The molecule has 0 spiro atoms. The van der Waals surface area contributed by atoms with E-state index in [0.29, 0.717) is 24.2 Å². The maximum Gasteiger partial charge on any atom is 0.0374 e. The Kier molecular flexibility index (Phi) is 1.06. The molecule has 2 rings (SSSR count). The zero-order valence-corrected chi connectivity index (χ0v) is 5.38. The summed E-state index contributed by atoms with van der Waals surface area (Å²) >= 11 is 0. The standard InChI is InChI=1S/C6H13N3/c7-4-1-3-2-5(8)6(4)9-3/h3-6,9H,1-2,7-8H2. The molecule has 0 saturated carbocycles. The van der Waals surface area contributed by atoms with E-state index in [1.165, 1.54) is 0 Å². The molecule has 2 unspecified atom stereocenters. The molecular formula is C6H13N3. The predicted molar refractivity (Wildman–Crippen MR) is 35.9 cm³/mol. The van der Waals surface area contributed by atoms with Crippen molar-refractivity contribution in [3.05, 3.63) is 0 Å². The van der Waals surface area contributed by atoms with Crippen LogP contribution in [0, 0.1) is 0 Å². The quantitative estimate of drug-likeness (QED) is 0.382. The van der Waals surface area contributed by atoms with Crippen molar-refractivity contribution >= 4 is 0 Å². The smallest absolute Gasteiger partial charge is 0.0374 e. The van der Waals surface area contributed by atoms with Gasteiger partial charge in [0.05, 0.1) is 0 Å². The van der Waals surface area contributed by atoms with Crippen molar-refractivity contribution in [3.63, 3.8) is 0 Å². The zero-order valence-electron chi connectivity index (χ0n) is 5.38. The number of fused-ring (bicyclic) bond motifs is 2. The molecule has 52 valence electrons. The van der Waals surface area contributed by atoms with Crippen molar-refractivity contribution in [2.75, 3.05) is 0 Å². The Morgan fingerprint density at radius 1 is 1.11 bits per heavy atom. The van der Waals surface area contributed by atoms with Gasteiger partial charge in [0, 0.05) is 24.2 Å². The Labute approximate surface area is 54.8 Å². The van der Waals surface area contributed by atoms with Crippen LogP contribution in [0.25, 0.3) is 0 Å². The van der Waals surface area contributed by atoms with Gasteiger partial charge < -0.3 is 16.8 Å². The van der Waals surface area contributed by atoms with Crippen LogP contribution in [-0.2, 0) is 0 Å². The highest BCUT2D eigenvalue weighted by atomic mass is 15.1. The lowest BCUT2D eigenvalue weighted by Crippen LogP contribution is -2.47. The first-order valence-corrected chi connectivity index (χ1v) is 3.54. The fourth-order valence-corrected chi connectivity index (χ4v) is 2.02. The first-order chi connectivity index (χ1) is 4.27. The molecule has 0 aliphatic carbocycles. The maximum absolute atomic E-state index is 5.77. The van der Waals surface area contributed by atoms with E-state index >= 15 is 0 Å². The number of rotatable bonds is 0. The van der Waals surface area contributed by atoms with Crippen molar-refractivity contribution in [3.8, 4) is 0 Å². The van der Waals surface area contributed by atoms with E-state index in [0.717, 1.165) is 12.8 Å². The highest BCUT2D eigenvalue weighted by Crippen LogP contribution is 2.25. The minimum absolute atomic E-state index is 0.318. The lowest BCUT2D eigenvalue weighted by atomic mass is 9.92. The Balaban J connectivity index is 2.13. The molecule has 2 atom stereocenters. The number of nitrogens with one attached hydrogen (secondary N) is 1. The molecule has 0 aromatic carbocycles. The third-order valence-corrected chi connectivity index (χ3v) is 2.46. The molecule has 3 heteroatoms. The molecule has 2 heterocycles. The van der Waals surface area contributed by atoms with Crippen LogP contribution in [0.2, 0.25) is 0 Å². The van der Waals surface area contributed by atoms with Crippen LogP contribution >= 0.6 is 0 Å². The first-order valence-electron chi connectivity index (χ1n) is 3.54. The molecule has 0 amide bonds. The average molecular weight is 127 g/mol. The summed E-state index contributed by atoms with van der Waals surface area (Å²) in [4.78, 5) is 0. The van der Waals surface area contributed by atoms with Gasteiger partial charge in [0.1, 0.15) is 0 Å². The monoisotopic (exact) mass is 127 g/mol. The van der Waals surface area contributed by atoms with Crippen LogP contribution in [0.1, 0.15) is 12.8 Å². The minimum Gasteiger partial charge on any atom is -0.326 e. The molecule has 2 aliphatic heterocycles. The molecule has 2 saturated heterocycles. The lowest BCUT2D eigenvalue weighted by Gasteiger charge is -2.20. The molecule has 5 N–H and O–H groups in total. The Morgan fingerprint density at radius 3 is 1.89 bits per heavy atom. The predicted octanol–water partition coefficient (Wildman–Crippen LogP) is -1.22. The van der Waals surface area contributed by atoms with Gasteiger partial charge in [-0.15, -0.1) is 0 Å². The van der Waals surface area contributed by atoms with E-state index in [2.05, 4.69) is 5.32 Å². The van der Waals surface area contributed by atoms with Gasteiger partial charge >= 0.3 is 0 Å². The van der Waals surface area contributed by atoms with Gasteiger partial charge in [-0.25, -0.2) is 0 Å². The van der Waals surface area contributed by atoms with Crippen LogP contribution in [0.15, 0.2) is 0 Å². The molecule has 0 aromatic rings. The summed E-state index contributed by atoms with van der Waals surface area (Å²) in [5.74, 6) is 0. The summed E-state index contributed by atoms with van der Waals surface area (Å²) in [5, 5.41) is 3.38. The number of nitrogens with two attached hydrogens (primary N) is 2. The third-order valence-electron chi connectivity index (χ3n) is 2.46. The largest absolute Gasteiger partial charge is 0.326 e. The van der Waals surface area contributed by atoms with Gasteiger partial charge in [-0.3, -0.25) is 0 Å². The van der Waals surface area contributed by atoms with Gasteiger partial charge in [-0.2, -0.15) is 0 Å². The molecular weight excluding hydrogens is 114 g/mol. The van der Waals surface area contributed by atoms with Crippen molar-refractivity contribution < 1.29 is 0 Å². The fourth-order valence-electron chi connectivity index (χ4n) is 2.02. The van der Waals surface area contributed by atoms with E-state index in [-0.39, 0.29) is 0 Å². The van der Waals surface area contributed by atoms with Crippen molar-refractivity contribution in [2.45, 2.75) is 37.0 Å². The SMILES string of the molecule is NC1CC2CC(N)C1N2. The van der Waals surface area contributed by atoms with Gasteiger partial charge in [-0.1, -0.05) is 0 Å². The summed E-state index contributed by atoms with van der Waals surface area (Å²) in [7, 11) is 0. The molecule has 0 aromatic heterocycles. The molecule has 3 nitrogen and oxygen atoms in total. The van der Waals surface area contributed by atoms with Gasteiger partial charge in [-0.05, 0) is 12.8 Å². The summed E-state index contributed by atoms with van der Waals surface area (Å²) in [5.41, 5.74) is 11.5. The molecule has 2 fully saturated rings. The van der Waals surface area contributed by atoms with Crippen LogP contribution in [0.4, 0.5) is 0 Å². The highest BCUT2D eigenvalue weighted by molar-refractivity contribution is 5.06. The molecule has 2 bridgehead atoms. The van der Waals surface area contributed by atoms with Gasteiger partial charge in [0.15, 0.2) is 0 Å². The van der Waals surface area contributed by atoms with E-state index in [4.69, 9.17) is 11.5 Å². The van der Waals surface area contributed by atoms with E-state index in [1.807, 2.05) is 0 Å². The van der Waals surface area contributed by atoms with Crippen LogP contribution < -0.4 is 16.8 Å². The maximum atomic E-state index is 5.77. The summed E-state index contributed by atoms with van der Waals surface area (Å²) < 4.78 is 0. The summed E-state index contributed by atoms with van der Waals surface area (Å²) in [6.45, 7) is 0. The van der Waals surface area contributed by atoms with Gasteiger partial charge in [0.25, 0.3) is 0 Å². The van der Waals surface area contributed by atoms with E-state index < -0.39 is 0 Å². The van der Waals surface area contributed by atoms with E-state index in [1.54, 1.807) is 0 Å². The molecule has 9 heavy (non-hydrogen) atoms. The minimum atomic E-state index is 0.318. The highest BCUT2D eigenvalue weighted by Gasteiger charge is 2.42. The van der Waals surface area contributed by atoms with Crippen LogP contribution in [0.3, 0.4) is 0 Å². The van der Waals surface area contributed by atoms with Gasteiger partial charge in [0.2, 0.25) is 0 Å². The second-order valence-electron chi connectivity index (χ2n) is 3.19. The van der Waals surface area contributed by atoms with Crippen molar-refractivity contribution in [2.24, 2.45) is 11.5 Å². The third kappa shape index (κ3) is 0.689. The Hall–Kier alpha value is -0.120. The second kappa shape index (κ2) is 1.68. The number of hydrogen-bond donors (Lipinski definition) is 3. The van der Waals surface area contributed by atoms with Crippen LogP contribution in [-0.4, -0.2) is 24.2 Å². The van der Waals surface area contributed by atoms with Crippen LogP contribution in [0.5, 0.6) is 0 Å². The van der Waals surface area contributed by atoms with Crippen molar-refractivity contribution in [1.29, 1.82) is 0 Å².